The first-order chi connectivity index (χ1) is 9.97. The molecule has 2 aromatic carbocycles. The highest BCUT2D eigenvalue weighted by atomic mass is 35.5. The van der Waals surface area contributed by atoms with E-state index in [0.717, 1.165) is 0 Å². The number of aromatic nitrogens is 1. The van der Waals surface area contributed by atoms with E-state index in [1.54, 1.807) is 6.07 Å². The van der Waals surface area contributed by atoms with E-state index >= 15 is 0 Å². The van der Waals surface area contributed by atoms with E-state index in [1.807, 2.05) is 0 Å². The molecule has 0 atom stereocenters. The molecule has 3 rings (SSSR count). The molecular weight excluding hydrogens is 313 g/mol. The van der Waals surface area contributed by atoms with Gasteiger partial charge in [0.1, 0.15) is 0 Å². The van der Waals surface area contributed by atoms with Gasteiger partial charge in [-0.15, -0.1) is 0 Å². The number of hydrogen-bond acceptors (Lipinski definition) is 3. The van der Waals surface area contributed by atoms with Crippen LogP contribution in [0.5, 0.6) is 0 Å². The summed E-state index contributed by atoms with van der Waals surface area (Å²) in [5.74, 6) is 0. The summed E-state index contributed by atoms with van der Waals surface area (Å²) in [4.78, 5) is 37.9. The van der Waals surface area contributed by atoms with Crippen molar-refractivity contribution in [2.75, 3.05) is 0 Å². The van der Waals surface area contributed by atoms with Crippen LogP contribution in [0.1, 0.15) is 20.7 Å². The summed E-state index contributed by atoms with van der Waals surface area (Å²) in [7, 11) is 0. The molecule has 1 heterocycles. The Morgan fingerprint density at radius 2 is 1.43 bits per heavy atom. The maximum Gasteiger partial charge on any atom is 0.252 e. The van der Waals surface area contributed by atoms with Crippen LogP contribution in [0.15, 0.2) is 41.2 Å². The van der Waals surface area contributed by atoms with Gasteiger partial charge in [0.05, 0.1) is 5.52 Å². The number of nitrogens with one attached hydrogen (secondary N) is 1. The molecule has 0 unspecified atom stereocenters. The van der Waals surface area contributed by atoms with Gasteiger partial charge in [-0.2, -0.15) is 0 Å². The average molecular weight is 320 g/mol. The maximum absolute atomic E-state index is 12.5. The Kier molecular flexibility index (Phi) is 3.27. The molecule has 4 nitrogen and oxygen atoms in total. The molecule has 0 aliphatic rings. The second kappa shape index (κ2) is 4.98. The van der Waals surface area contributed by atoms with Crippen molar-refractivity contribution in [3.8, 4) is 0 Å². The van der Waals surface area contributed by atoms with Crippen molar-refractivity contribution in [3.05, 3.63) is 57.7 Å². The van der Waals surface area contributed by atoms with Crippen LogP contribution in [-0.4, -0.2) is 15.5 Å². The van der Waals surface area contributed by atoms with Crippen molar-refractivity contribution in [3.63, 3.8) is 0 Å². The third-order valence-electron chi connectivity index (χ3n) is 3.25. The Morgan fingerprint density at radius 3 is 2.10 bits per heavy atom. The molecule has 3 aromatic rings. The molecule has 104 valence electrons. The first kappa shape index (κ1) is 13.8. The maximum atomic E-state index is 12.5. The molecular formula is C15H7Cl2NO3. The summed E-state index contributed by atoms with van der Waals surface area (Å²) in [6.45, 7) is 0. The number of carbonyl (C=O) groups is 2. The van der Waals surface area contributed by atoms with Crippen LogP contribution in [0, 0.1) is 0 Å². The predicted octanol–water partition coefficient (Wildman–Crippen LogP) is 3.44. The van der Waals surface area contributed by atoms with Crippen molar-refractivity contribution in [2.24, 2.45) is 0 Å². The number of aromatic amines is 1. The lowest BCUT2D eigenvalue weighted by Gasteiger charge is -2.04. The first-order valence-electron chi connectivity index (χ1n) is 5.97. The lowest BCUT2D eigenvalue weighted by atomic mass is 10.1. The summed E-state index contributed by atoms with van der Waals surface area (Å²) < 4.78 is 0. The SMILES string of the molecule is O=C(Cl)c1ccc2c(=O)c3cc(C(=O)Cl)ccc3[nH]c2c1. The molecule has 1 N–H and O–H groups in total. The molecule has 0 aliphatic heterocycles. The Morgan fingerprint density at radius 1 is 0.810 bits per heavy atom. The fourth-order valence-electron chi connectivity index (χ4n) is 2.22. The minimum atomic E-state index is -0.625. The second-order valence-electron chi connectivity index (χ2n) is 4.52. The number of rotatable bonds is 2. The number of pyridine rings is 1. The minimum Gasteiger partial charge on any atom is -0.354 e. The molecule has 0 saturated carbocycles. The quantitative estimate of drug-likeness (QED) is 0.581. The van der Waals surface area contributed by atoms with E-state index in [1.165, 1.54) is 30.3 Å². The molecule has 0 saturated heterocycles. The van der Waals surface area contributed by atoms with E-state index in [-0.39, 0.29) is 11.0 Å². The summed E-state index contributed by atoms with van der Waals surface area (Å²) in [6, 6.07) is 9.10. The highest BCUT2D eigenvalue weighted by molar-refractivity contribution is 6.68. The number of H-pyrrole nitrogens is 1. The molecule has 6 heteroatoms. The molecule has 0 spiro atoms. The highest BCUT2D eigenvalue weighted by Gasteiger charge is 2.10. The third kappa shape index (κ3) is 2.33. The van der Waals surface area contributed by atoms with Crippen LogP contribution in [0.2, 0.25) is 0 Å². The van der Waals surface area contributed by atoms with Crippen molar-refractivity contribution in [2.45, 2.75) is 0 Å². The average Bonchev–Trinajstić information content (AvgIpc) is 2.46. The lowest BCUT2D eigenvalue weighted by molar-refractivity contribution is 0.107. The Bertz CT molecular complexity index is 976. The van der Waals surface area contributed by atoms with Gasteiger partial charge in [0.25, 0.3) is 10.5 Å². The first-order valence-corrected chi connectivity index (χ1v) is 6.72. The van der Waals surface area contributed by atoms with Crippen molar-refractivity contribution < 1.29 is 9.59 Å². The van der Waals surface area contributed by atoms with E-state index < -0.39 is 10.5 Å². The standard InChI is InChI=1S/C15H7Cl2NO3/c16-14(20)7-2-4-11-10(5-7)13(19)9-3-1-8(15(17)21)6-12(9)18-11/h1-6H,(H,18,19). The van der Waals surface area contributed by atoms with Crippen LogP contribution in [-0.2, 0) is 0 Å². The summed E-state index contributed by atoms with van der Waals surface area (Å²) >= 11 is 10.9. The molecule has 0 amide bonds. The fourth-order valence-corrected chi connectivity index (χ4v) is 2.46. The number of halogens is 2. The molecule has 0 radical (unpaired) electrons. The zero-order chi connectivity index (χ0) is 15.1. The smallest absolute Gasteiger partial charge is 0.252 e. The van der Waals surface area contributed by atoms with Crippen LogP contribution in [0.25, 0.3) is 21.8 Å². The Hall–Kier alpha value is -2.17. The normalized spacial score (nSPS) is 11.0. The van der Waals surface area contributed by atoms with Crippen LogP contribution < -0.4 is 5.43 Å². The lowest BCUT2D eigenvalue weighted by Crippen LogP contribution is -2.06. The van der Waals surface area contributed by atoms with E-state index in [0.29, 0.717) is 27.4 Å². The highest BCUT2D eigenvalue weighted by Crippen LogP contribution is 2.19. The van der Waals surface area contributed by atoms with Crippen LogP contribution >= 0.6 is 23.2 Å². The van der Waals surface area contributed by atoms with Gasteiger partial charge >= 0.3 is 0 Å². The van der Waals surface area contributed by atoms with Gasteiger partial charge in [-0.3, -0.25) is 14.4 Å². The largest absolute Gasteiger partial charge is 0.354 e. The monoisotopic (exact) mass is 319 g/mol. The Balaban J connectivity index is 2.40. The number of carbonyl (C=O) groups excluding carboxylic acids is 2. The second-order valence-corrected chi connectivity index (χ2v) is 5.21. The van der Waals surface area contributed by atoms with E-state index in [4.69, 9.17) is 23.2 Å². The number of benzene rings is 2. The summed E-state index contributed by atoms with van der Waals surface area (Å²) in [6.07, 6.45) is 0. The molecule has 0 aliphatic carbocycles. The molecule has 0 fully saturated rings. The van der Waals surface area contributed by atoms with Crippen LogP contribution in [0.3, 0.4) is 0 Å². The van der Waals surface area contributed by atoms with Gasteiger partial charge < -0.3 is 4.98 Å². The van der Waals surface area contributed by atoms with Gasteiger partial charge in [0, 0.05) is 27.4 Å². The van der Waals surface area contributed by atoms with Gasteiger partial charge in [-0.1, -0.05) is 0 Å². The predicted molar refractivity (Wildman–Crippen MR) is 82.4 cm³/mol. The van der Waals surface area contributed by atoms with E-state index in [9.17, 15) is 14.4 Å². The minimum absolute atomic E-state index is 0.243. The summed E-state index contributed by atoms with van der Waals surface area (Å²) in [5, 5.41) is -0.456. The summed E-state index contributed by atoms with van der Waals surface area (Å²) in [5.41, 5.74) is 1.36. The van der Waals surface area contributed by atoms with Gasteiger partial charge in [0.2, 0.25) is 0 Å². The number of hydrogen-bond donors (Lipinski definition) is 1. The fraction of sp³-hybridized carbons (Fsp3) is 0. The van der Waals surface area contributed by atoms with Crippen molar-refractivity contribution in [1.82, 2.24) is 4.98 Å². The molecule has 21 heavy (non-hydrogen) atoms. The Labute approximate surface area is 128 Å². The zero-order valence-corrected chi connectivity index (χ0v) is 12.0. The van der Waals surface area contributed by atoms with Crippen LogP contribution in [0.4, 0.5) is 0 Å². The van der Waals surface area contributed by atoms with Crippen molar-refractivity contribution in [1.29, 1.82) is 0 Å². The topological polar surface area (TPSA) is 67.0 Å². The third-order valence-corrected chi connectivity index (χ3v) is 3.69. The molecule has 1 aromatic heterocycles. The van der Waals surface area contributed by atoms with E-state index in [2.05, 4.69) is 4.98 Å². The van der Waals surface area contributed by atoms with Gasteiger partial charge in [-0.05, 0) is 59.6 Å². The van der Waals surface area contributed by atoms with Gasteiger partial charge in [0.15, 0.2) is 5.43 Å². The zero-order valence-electron chi connectivity index (χ0n) is 10.4. The molecule has 0 bridgehead atoms. The van der Waals surface area contributed by atoms with Crippen molar-refractivity contribution >= 4 is 55.5 Å². The number of fused-ring (bicyclic) bond motifs is 2. The van der Waals surface area contributed by atoms with Gasteiger partial charge in [-0.25, -0.2) is 0 Å².